The molecule has 1 aliphatic carbocycles. The maximum atomic E-state index is 11.2. The van der Waals surface area contributed by atoms with Crippen LogP contribution in [0.2, 0.25) is 0 Å². The minimum atomic E-state index is -0.0237. The van der Waals surface area contributed by atoms with Crippen molar-refractivity contribution in [3.8, 4) is 0 Å². The summed E-state index contributed by atoms with van der Waals surface area (Å²) in [5.74, 6) is 0.929. The predicted molar refractivity (Wildman–Crippen MR) is 47.8 cm³/mol. The molecule has 0 aromatic heterocycles. The summed E-state index contributed by atoms with van der Waals surface area (Å²) in [5, 5.41) is 0. The zero-order valence-electron chi connectivity index (χ0n) is 8.01. The normalized spacial score (nSPS) is 19.8. The van der Waals surface area contributed by atoms with Crippen LogP contribution in [0.5, 0.6) is 0 Å². The Morgan fingerprint density at radius 3 is 2.58 bits per heavy atom. The molecule has 2 nitrogen and oxygen atoms in total. The van der Waals surface area contributed by atoms with Crippen molar-refractivity contribution >= 4 is 5.97 Å². The molecule has 1 aliphatic rings. The lowest BCUT2D eigenvalue weighted by molar-refractivity contribution is -0.146. The Labute approximate surface area is 74.3 Å². The van der Waals surface area contributed by atoms with E-state index in [-0.39, 0.29) is 11.9 Å². The van der Waals surface area contributed by atoms with Crippen LogP contribution < -0.4 is 0 Å². The lowest BCUT2D eigenvalue weighted by Crippen LogP contribution is -2.22. The van der Waals surface area contributed by atoms with E-state index in [4.69, 9.17) is 4.74 Å². The Morgan fingerprint density at radius 1 is 1.58 bits per heavy atom. The Balaban J connectivity index is 2.28. The molecule has 0 amide bonds. The average molecular weight is 170 g/mol. The number of rotatable bonds is 4. The van der Waals surface area contributed by atoms with Crippen LogP contribution in [0, 0.1) is 11.8 Å². The van der Waals surface area contributed by atoms with Crippen LogP contribution in [0.3, 0.4) is 0 Å². The second kappa shape index (κ2) is 4.48. The molecule has 0 aliphatic heterocycles. The van der Waals surface area contributed by atoms with E-state index in [1.807, 2.05) is 0 Å². The second-order valence-corrected chi connectivity index (χ2v) is 3.66. The van der Waals surface area contributed by atoms with Crippen molar-refractivity contribution in [3.63, 3.8) is 0 Å². The third kappa shape index (κ3) is 2.23. The van der Waals surface area contributed by atoms with Crippen molar-refractivity contribution in [2.45, 2.75) is 39.0 Å². The van der Waals surface area contributed by atoms with Gasteiger partial charge in [-0.15, -0.1) is 0 Å². The van der Waals surface area contributed by atoms with Gasteiger partial charge in [0, 0.05) is 0 Å². The van der Waals surface area contributed by atoms with Gasteiger partial charge in [0.15, 0.2) is 0 Å². The highest BCUT2D eigenvalue weighted by Crippen LogP contribution is 2.33. The zero-order valence-corrected chi connectivity index (χ0v) is 8.01. The molecule has 0 spiro atoms. The number of hydrogen-bond acceptors (Lipinski definition) is 2. The van der Waals surface area contributed by atoms with Gasteiger partial charge in [0.1, 0.15) is 0 Å². The minimum absolute atomic E-state index is 0.0237. The van der Waals surface area contributed by atoms with Gasteiger partial charge >= 0.3 is 5.97 Å². The standard InChI is InChI=1S/C10H18O2/c1-3-9(10(11)12-2)7-8-5-4-6-8/h8-9H,3-7H2,1-2H3. The van der Waals surface area contributed by atoms with E-state index in [9.17, 15) is 4.79 Å². The third-order valence-electron chi connectivity index (χ3n) is 2.87. The first kappa shape index (κ1) is 9.56. The molecule has 0 aromatic carbocycles. The molecule has 1 fully saturated rings. The van der Waals surface area contributed by atoms with Crippen molar-refractivity contribution in [2.75, 3.05) is 7.11 Å². The lowest BCUT2D eigenvalue weighted by Gasteiger charge is -2.28. The fourth-order valence-corrected chi connectivity index (χ4v) is 1.73. The maximum Gasteiger partial charge on any atom is 0.308 e. The highest BCUT2D eigenvalue weighted by Gasteiger charge is 2.25. The monoisotopic (exact) mass is 170 g/mol. The molecule has 0 saturated heterocycles. The first-order chi connectivity index (χ1) is 5.77. The molecule has 12 heavy (non-hydrogen) atoms. The van der Waals surface area contributed by atoms with Crippen LogP contribution in [-0.2, 0) is 9.53 Å². The molecule has 70 valence electrons. The highest BCUT2D eigenvalue weighted by atomic mass is 16.5. The highest BCUT2D eigenvalue weighted by molar-refractivity contribution is 5.72. The van der Waals surface area contributed by atoms with Crippen LogP contribution in [0.25, 0.3) is 0 Å². The Bertz CT molecular complexity index is 150. The van der Waals surface area contributed by atoms with Crippen LogP contribution >= 0.6 is 0 Å². The number of esters is 1. The molecule has 1 atom stereocenters. The number of hydrogen-bond donors (Lipinski definition) is 0. The van der Waals surface area contributed by atoms with Crippen LogP contribution in [0.15, 0.2) is 0 Å². The molecule has 2 heteroatoms. The van der Waals surface area contributed by atoms with Crippen LogP contribution in [-0.4, -0.2) is 13.1 Å². The van der Waals surface area contributed by atoms with Crippen molar-refractivity contribution in [1.29, 1.82) is 0 Å². The molecule has 0 radical (unpaired) electrons. The van der Waals surface area contributed by atoms with Crippen molar-refractivity contribution < 1.29 is 9.53 Å². The molecule has 0 heterocycles. The first-order valence-corrected chi connectivity index (χ1v) is 4.85. The van der Waals surface area contributed by atoms with E-state index >= 15 is 0 Å². The van der Waals surface area contributed by atoms with E-state index in [1.54, 1.807) is 0 Å². The molecular formula is C10H18O2. The van der Waals surface area contributed by atoms with E-state index in [0.717, 1.165) is 18.8 Å². The summed E-state index contributed by atoms with van der Waals surface area (Å²) in [7, 11) is 1.48. The molecule has 1 unspecified atom stereocenters. The second-order valence-electron chi connectivity index (χ2n) is 3.66. The van der Waals surface area contributed by atoms with Gasteiger partial charge in [0.2, 0.25) is 0 Å². The van der Waals surface area contributed by atoms with Crippen LogP contribution in [0.1, 0.15) is 39.0 Å². The molecular weight excluding hydrogens is 152 g/mol. The van der Waals surface area contributed by atoms with E-state index in [1.165, 1.54) is 26.4 Å². The Morgan fingerprint density at radius 2 is 2.25 bits per heavy atom. The van der Waals surface area contributed by atoms with Crippen molar-refractivity contribution in [3.05, 3.63) is 0 Å². The quantitative estimate of drug-likeness (QED) is 0.605. The summed E-state index contributed by atoms with van der Waals surface area (Å²) in [5.41, 5.74) is 0. The summed E-state index contributed by atoms with van der Waals surface area (Å²) in [4.78, 5) is 11.2. The van der Waals surface area contributed by atoms with Gasteiger partial charge in [-0.3, -0.25) is 4.79 Å². The lowest BCUT2D eigenvalue weighted by atomic mass is 9.78. The summed E-state index contributed by atoms with van der Waals surface area (Å²) in [6, 6.07) is 0. The molecule has 0 aromatic rings. The Hall–Kier alpha value is -0.530. The fraction of sp³-hybridized carbons (Fsp3) is 0.900. The van der Waals surface area contributed by atoms with Crippen molar-refractivity contribution in [2.24, 2.45) is 11.8 Å². The first-order valence-electron chi connectivity index (χ1n) is 4.85. The molecule has 1 rings (SSSR count). The molecule has 1 saturated carbocycles. The van der Waals surface area contributed by atoms with Gasteiger partial charge in [0.25, 0.3) is 0 Å². The maximum absolute atomic E-state index is 11.2. The molecule has 0 bridgehead atoms. The summed E-state index contributed by atoms with van der Waals surface area (Å²) >= 11 is 0. The predicted octanol–water partition coefficient (Wildman–Crippen LogP) is 2.38. The van der Waals surface area contributed by atoms with Crippen molar-refractivity contribution in [1.82, 2.24) is 0 Å². The molecule has 0 N–H and O–H groups in total. The van der Waals surface area contributed by atoms with Gasteiger partial charge < -0.3 is 4.74 Å². The van der Waals surface area contributed by atoms with Crippen LogP contribution in [0.4, 0.5) is 0 Å². The number of ether oxygens (including phenoxy) is 1. The van der Waals surface area contributed by atoms with Gasteiger partial charge in [-0.25, -0.2) is 0 Å². The zero-order chi connectivity index (χ0) is 8.97. The number of methoxy groups -OCH3 is 1. The van der Waals surface area contributed by atoms with E-state index in [0.29, 0.717) is 0 Å². The largest absolute Gasteiger partial charge is 0.469 e. The SMILES string of the molecule is CCC(CC1CCC1)C(=O)OC. The number of carbonyl (C=O) groups excluding carboxylic acids is 1. The smallest absolute Gasteiger partial charge is 0.308 e. The van der Waals surface area contributed by atoms with Gasteiger partial charge in [-0.05, 0) is 18.8 Å². The summed E-state index contributed by atoms with van der Waals surface area (Å²) < 4.78 is 4.73. The van der Waals surface area contributed by atoms with E-state index in [2.05, 4.69) is 6.92 Å². The van der Waals surface area contributed by atoms with E-state index < -0.39 is 0 Å². The summed E-state index contributed by atoms with van der Waals surface area (Å²) in [6.45, 7) is 2.06. The van der Waals surface area contributed by atoms with Gasteiger partial charge in [-0.1, -0.05) is 26.2 Å². The fourth-order valence-electron chi connectivity index (χ4n) is 1.73. The number of carbonyl (C=O) groups is 1. The topological polar surface area (TPSA) is 26.3 Å². The van der Waals surface area contributed by atoms with Gasteiger partial charge in [-0.2, -0.15) is 0 Å². The average Bonchev–Trinajstić information content (AvgIpc) is 2.02. The third-order valence-corrected chi connectivity index (χ3v) is 2.87. The minimum Gasteiger partial charge on any atom is -0.469 e. The van der Waals surface area contributed by atoms with Gasteiger partial charge in [0.05, 0.1) is 13.0 Å². The summed E-state index contributed by atoms with van der Waals surface area (Å²) in [6.07, 6.45) is 5.94. The Kier molecular flexibility index (Phi) is 3.57.